The first-order valence-electron chi connectivity index (χ1n) is 8.80. The van der Waals surface area contributed by atoms with E-state index in [-0.39, 0.29) is 12.3 Å². The van der Waals surface area contributed by atoms with Crippen LogP contribution in [0.4, 0.5) is 10.7 Å². The van der Waals surface area contributed by atoms with Crippen molar-refractivity contribution in [2.45, 2.75) is 38.8 Å². The highest BCUT2D eigenvalue weighted by Gasteiger charge is 2.49. The van der Waals surface area contributed by atoms with Gasteiger partial charge in [-0.25, -0.2) is 0 Å². The molecule has 0 fully saturated rings. The van der Waals surface area contributed by atoms with Crippen LogP contribution >= 0.6 is 22.9 Å². The third-order valence-electron chi connectivity index (χ3n) is 4.07. The Morgan fingerprint density at radius 1 is 1.25 bits per heavy atom. The van der Waals surface area contributed by atoms with Crippen LogP contribution in [0, 0.1) is 5.92 Å². The first-order valence-corrected chi connectivity index (χ1v) is 10.1. The monoisotopic (exact) mass is 420 g/mol. The number of carbonyl (C=O) groups is 2. The molecule has 28 heavy (non-hydrogen) atoms. The SMILES string of the molecule is CC(C)C[C@]([C]=O)(C(=O)Nc1ccc(Cl)cc1)N(C(=O)[C@H](C)N)c1cccs1. The van der Waals surface area contributed by atoms with Gasteiger partial charge >= 0.3 is 0 Å². The average Bonchev–Trinajstić information content (AvgIpc) is 3.16. The Hall–Kier alpha value is -2.22. The van der Waals surface area contributed by atoms with Crippen molar-refractivity contribution in [2.75, 3.05) is 10.2 Å². The summed E-state index contributed by atoms with van der Waals surface area (Å²) in [5.74, 6) is -1.25. The second-order valence-electron chi connectivity index (χ2n) is 6.93. The number of benzene rings is 1. The minimum atomic E-state index is -1.86. The fraction of sp³-hybridized carbons (Fsp3) is 0.350. The average molecular weight is 421 g/mol. The van der Waals surface area contributed by atoms with E-state index in [1.807, 2.05) is 20.1 Å². The lowest BCUT2D eigenvalue weighted by Crippen LogP contribution is -2.63. The molecule has 149 valence electrons. The molecule has 0 saturated heterocycles. The fourth-order valence-corrected chi connectivity index (χ4v) is 3.79. The Morgan fingerprint density at radius 2 is 1.89 bits per heavy atom. The van der Waals surface area contributed by atoms with Gasteiger partial charge in [0.05, 0.1) is 11.0 Å². The van der Waals surface area contributed by atoms with Gasteiger partial charge in [-0.15, -0.1) is 11.3 Å². The first kappa shape index (κ1) is 22.1. The second kappa shape index (κ2) is 9.32. The van der Waals surface area contributed by atoms with Gasteiger partial charge in [0.1, 0.15) is 0 Å². The lowest BCUT2D eigenvalue weighted by molar-refractivity contribution is -0.126. The first-order chi connectivity index (χ1) is 13.2. The van der Waals surface area contributed by atoms with Crippen molar-refractivity contribution in [3.8, 4) is 0 Å². The highest BCUT2D eigenvalue weighted by molar-refractivity contribution is 7.14. The maximum absolute atomic E-state index is 13.3. The third kappa shape index (κ3) is 4.79. The molecule has 1 heterocycles. The number of carbonyl (C=O) groups excluding carboxylic acids is 3. The molecule has 6 nitrogen and oxygen atoms in total. The molecule has 2 atom stereocenters. The molecule has 1 aromatic heterocycles. The molecule has 0 saturated carbocycles. The number of hydrogen-bond donors (Lipinski definition) is 2. The summed E-state index contributed by atoms with van der Waals surface area (Å²) in [6.07, 6.45) is 1.96. The molecule has 0 spiro atoms. The lowest BCUT2D eigenvalue weighted by Gasteiger charge is -2.39. The zero-order valence-electron chi connectivity index (χ0n) is 15.9. The van der Waals surface area contributed by atoms with E-state index in [4.69, 9.17) is 17.3 Å². The summed E-state index contributed by atoms with van der Waals surface area (Å²) in [6.45, 7) is 5.25. The summed E-state index contributed by atoms with van der Waals surface area (Å²) in [7, 11) is 0. The molecular weight excluding hydrogens is 398 g/mol. The summed E-state index contributed by atoms with van der Waals surface area (Å²) in [4.78, 5) is 39.7. The Balaban J connectivity index is 2.55. The Bertz CT molecular complexity index is 822. The van der Waals surface area contributed by atoms with E-state index in [0.29, 0.717) is 15.7 Å². The number of hydrogen-bond acceptors (Lipinski definition) is 5. The van der Waals surface area contributed by atoms with Crippen molar-refractivity contribution in [3.05, 3.63) is 46.8 Å². The van der Waals surface area contributed by atoms with Crippen LogP contribution in [-0.4, -0.2) is 29.7 Å². The number of nitrogens with zero attached hydrogens (tertiary/aromatic N) is 1. The van der Waals surface area contributed by atoms with Gasteiger partial charge in [-0.1, -0.05) is 25.4 Å². The summed E-state index contributed by atoms with van der Waals surface area (Å²) < 4.78 is 0. The van der Waals surface area contributed by atoms with Gasteiger partial charge in [0.2, 0.25) is 12.2 Å². The van der Waals surface area contributed by atoms with E-state index >= 15 is 0 Å². The van der Waals surface area contributed by atoms with Crippen LogP contribution in [-0.2, 0) is 14.4 Å². The summed E-state index contributed by atoms with van der Waals surface area (Å²) in [6, 6.07) is 9.00. The third-order valence-corrected chi connectivity index (χ3v) is 5.17. The zero-order valence-corrected chi connectivity index (χ0v) is 17.5. The van der Waals surface area contributed by atoms with Crippen molar-refractivity contribution in [2.24, 2.45) is 11.7 Å². The van der Waals surface area contributed by atoms with E-state index in [2.05, 4.69) is 5.32 Å². The van der Waals surface area contributed by atoms with Crippen molar-refractivity contribution < 1.29 is 14.4 Å². The zero-order chi connectivity index (χ0) is 20.9. The normalized spacial score (nSPS) is 14.2. The highest BCUT2D eigenvalue weighted by Crippen LogP contribution is 2.34. The molecule has 2 aromatic rings. The molecule has 3 N–H and O–H groups in total. The summed E-state index contributed by atoms with van der Waals surface area (Å²) in [5.41, 5.74) is 4.43. The van der Waals surface area contributed by atoms with E-state index in [9.17, 15) is 14.4 Å². The van der Waals surface area contributed by atoms with Crippen molar-refractivity contribution in [3.63, 3.8) is 0 Å². The molecule has 2 amide bonds. The van der Waals surface area contributed by atoms with Crippen LogP contribution in [0.5, 0.6) is 0 Å². The summed E-state index contributed by atoms with van der Waals surface area (Å²) in [5, 5.41) is 5.45. The smallest absolute Gasteiger partial charge is 0.259 e. The molecule has 0 aliphatic carbocycles. The maximum Gasteiger partial charge on any atom is 0.259 e. The Labute approximate surface area is 173 Å². The summed E-state index contributed by atoms with van der Waals surface area (Å²) >= 11 is 7.13. The Kier molecular flexibility index (Phi) is 7.35. The molecule has 0 aliphatic heterocycles. The van der Waals surface area contributed by atoms with Crippen molar-refractivity contribution >= 4 is 51.7 Å². The number of nitrogens with two attached hydrogens (primary N) is 1. The minimum Gasteiger partial charge on any atom is -0.324 e. The van der Waals surface area contributed by atoms with Crippen LogP contribution in [0.15, 0.2) is 41.8 Å². The molecular formula is C20H23ClN3O3S. The number of nitrogens with one attached hydrogen (secondary N) is 1. The predicted molar refractivity (Wildman–Crippen MR) is 113 cm³/mol. The molecule has 8 heteroatoms. The van der Waals surface area contributed by atoms with Gasteiger partial charge in [-0.3, -0.25) is 19.3 Å². The van der Waals surface area contributed by atoms with Gasteiger partial charge < -0.3 is 11.1 Å². The molecule has 2 rings (SSSR count). The standard InChI is InChI=1S/C20H23ClN3O3S/c1-13(2)11-20(12-25,19(27)23-16-8-6-15(21)7-9-16)24(18(26)14(3)22)17-5-4-10-28-17/h4-10,13-14H,11,22H2,1-3H3,(H,23,27)/t14-,20-/m0/s1. The molecule has 1 radical (unpaired) electrons. The predicted octanol–water partition coefficient (Wildman–Crippen LogP) is 3.62. The number of amides is 2. The largest absolute Gasteiger partial charge is 0.324 e. The molecule has 1 aromatic carbocycles. The van der Waals surface area contributed by atoms with Crippen LogP contribution < -0.4 is 16.0 Å². The van der Waals surface area contributed by atoms with E-state index in [1.165, 1.54) is 23.2 Å². The number of thiophene rings is 1. The minimum absolute atomic E-state index is 0.0687. The number of anilines is 2. The van der Waals surface area contributed by atoms with Crippen molar-refractivity contribution in [1.29, 1.82) is 0 Å². The van der Waals surface area contributed by atoms with Crippen LogP contribution in [0.1, 0.15) is 27.2 Å². The Morgan fingerprint density at radius 3 is 2.36 bits per heavy atom. The van der Waals surface area contributed by atoms with Crippen LogP contribution in [0.25, 0.3) is 0 Å². The quantitative estimate of drug-likeness (QED) is 0.638. The molecule has 0 unspecified atom stereocenters. The van der Waals surface area contributed by atoms with Gasteiger partial charge in [-0.2, -0.15) is 0 Å². The number of rotatable bonds is 8. The van der Waals surface area contributed by atoms with E-state index < -0.39 is 23.4 Å². The van der Waals surface area contributed by atoms with Gasteiger partial charge in [-0.05, 0) is 61.0 Å². The van der Waals surface area contributed by atoms with Crippen LogP contribution in [0.3, 0.4) is 0 Å². The van der Waals surface area contributed by atoms with Crippen molar-refractivity contribution in [1.82, 2.24) is 0 Å². The lowest BCUT2D eigenvalue weighted by atomic mass is 9.86. The van der Waals surface area contributed by atoms with Gasteiger partial charge in [0, 0.05) is 10.7 Å². The maximum atomic E-state index is 13.3. The van der Waals surface area contributed by atoms with E-state index in [1.54, 1.807) is 41.8 Å². The van der Waals surface area contributed by atoms with Crippen LogP contribution in [0.2, 0.25) is 5.02 Å². The van der Waals surface area contributed by atoms with Gasteiger partial charge in [0.25, 0.3) is 5.91 Å². The van der Waals surface area contributed by atoms with E-state index in [0.717, 1.165) is 0 Å². The molecule has 0 aliphatic rings. The number of halogens is 1. The van der Waals surface area contributed by atoms with Gasteiger partial charge in [0.15, 0.2) is 5.54 Å². The fourth-order valence-electron chi connectivity index (χ4n) is 2.86. The highest BCUT2D eigenvalue weighted by atomic mass is 35.5. The molecule has 0 bridgehead atoms. The second-order valence-corrected chi connectivity index (χ2v) is 8.30. The topological polar surface area (TPSA) is 92.5 Å².